The fourth-order valence-electron chi connectivity index (χ4n) is 2.03. The Kier molecular flexibility index (Phi) is 7.81. The van der Waals surface area contributed by atoms with Crippen LogP contribution in [0, 0.1) is 0 Å². The number of unbranched alkanes of at least 4 members (excludes halogenated alkanes) is 1. The summed E-state index contributed by atoms with van der Waals surface area (Å²) >= 11 is 0. The van der Waals surface area contributed by atoms with Crippen LogP contribution >= 0.6 is 0 Å². The lowest BCUT2D eigenvalue weighted by Gasteiger charge is -2.19. The maximum atomic E-state index is 12.2. The fourth-order valence-corrected chi connectivity index (χ4v) is 2.03. The zero-order valence-corrected chi connectivity index (χ0v) is 14.5. The van der Waals surface area contributed by atoms with Crippen LogP contribution in [-0.2, 0) is 18.0 Å². The monoisotopic (exact) mass is 338 g/mol. The van der Waals surface area contributed by atoms with Crippen molar-refractivity contribution >= 4 is 11.9 Å². The normalized spacial score (nSPS) is 11.2. The highest BCUT2D eigenvalue weighted by atomic mass is 16.6. The SMILES string of the molecule is CC(C)(C)OC(=O)NCCCCC(=O)c1cc(CO)nc(CO)c1. The number of nitrogens with one attached hydrogen (secondary N) is 1. The summed E-state index contributed by atoms with van der Waals surface area (Å²) in [5.41, 5.74) is 0.613. The Bertz CT molecular complexity index is 544. The summed E-state index contributed by atoms with van der Waals surface area (Å²) in [7, 11) is 0. The van der Waals surface area contributed by atoms with Crippen LogP contribution in [0.2, 0.25) is 0 Å². The van der Waals surface area contributed by atoms with E-state index in [0.717, 1.165) is 0 Å². The molecule has 1 heterocycles. The van der Waals surface area contributed by atoms with Gasteiger partial charge in [-0.05, 0) is 45.7 Å². The van der Waals surface area contributed by atoms with Crippen molar-refractivity contribution in [1.82, 2.24) is 10.3 Å². The number of carbonyl (C=O) groups excluding carboxylic acids is 2. The third-order valence-electron chi connectivity index (χ3n) is 3.08. The van der Waals surface area contributed by atoms with Crippen molar-refractivity contribution in [2.75, 3.05) is 6.54 Å². The molecule has 0 spiro atoms. The van der Waals surface area contributed by atoms with Gasteiger partial charge in [0.25, 0.3) is 0 Å². The number of aliphatic hydroxyl groups is 2. The summed E-state index contributed by atoms with van der Waals surface area (Å²) in [4.78, 5) is 27.6. The van der Waals surface area contributed by atoms with Crippen molar-refractivity contribution < 1.29 is 24.5 Å². The van der Waals surface area contributed by atoms with Gasteiger partial charge in [-0.3, -0.25) is 9.78 Å². The molecule has 0 bridgehead atoms. The zero-order valence-electron chi connectivity index (χ0n) is 14.5. The fraction of sp³-hybridized carbons (Fsp3) is 0.588. The van der Waals surface area contributed by atoms with Crippen molar-refractivity contribution in [3.8, 4) is 0 Å². The van der Waals surface area contributed by atoms with E-state index in [2.05, 4.69) is 10.3 Å². The van der Waals surface area contributed by atoms with E-state index in [0.29, 0.717) is 42.8 Å². The first kappa shape index (κ1) is 20.1. The van der Waals surface area contributed by atoms with E-state index < -0.39 is 11.7 Å². The van der Waals surface area contributed by atoms with Gasteiger partial charge in [0, 0.05) is 18.5 Å². The lowest BCUT2D eigenvalue weighted by molar-refractivity contribution is 0.0527. The molecule has 3 N–H and O–H groups in total. The largest absolute Gasteiger partial charge is 0.444 e. The highest BCUT2D eigenvalue weighted by Crippen LogP contribution is 2.11. The predicted octanol–water partition coefficient (Wildman–Crippen LogP) is 1.94. The average Bonchev–Trinajstić information content (AvgIpc) is 2.52. The Morgan fingerprint density at radius 1 is 1.12 bits per heavy atom. The second-order valence-electron chi connectivity index (χ2n) is 6.46. The van der Waals surface area contributed by atoms with Crippen LogP contribution in [0.15, 0.2) is 12.1 Å². The molecule has 1 rings (SSSR count). The molecule has 0 aromatic carbocycles. The highest BCUT2D eigenvalue weighted by Gasteiger charge is 2.15. The van der Waals surface area contributed by atoms with Gasteiger partial charge < -0.3 is 20.3 Å². The first-order chi connectivity index (χ1) is 11.2. The van der Waals surface area contributed by atoms with E-state index in [4.69, 9.17) is 14.9 Å². The van der Waals surface area contributed by atoms with Gasteiger partial charge in [0.2, 0.25) is 0 Å². The molecule has 0 atom stereocenters. The van der Waals surface area contributed by atoms with Crippen LogP contribution in [0.1, 0.15) is 61.8 Å². The highest BCUT2D eigenvalue weighted by molar-refractivity contribution is 5.96. The van der Waals surface area contributed by atoms with Crippen molar-refractivity contribution in [2.45, 2.75) is 58.8 Å². The maximum absolute atomic E-state index is 12.2. The van der Waals surface area contributed by atoms with E-state index in [1.54, 1.807) is 20.8 Å². The molecule has 0 fully saturated rings. The van der Waals surface area contributed by atoms with Crippen LogP contribution in [-0.4, -0.2) is 39.2 Å². The first-order valence-corrected chi connectivity index (χ1v) is 7.97. The molecule has 1 amide bonds. The second kappa shape index (κ2) is 9.34. The van der Waals surface area contributed by atoms with Crippen molar-refractivity contribution in [2.24, 2.45) is 0 Å². The molecular formula is C17H26N2O5. The average molecular weight is 338 g/mol. The summed E-state index contributed by atoms with van der Waals surface area (Å²) in [5.74, 6) is -0.0842. The summed E-state index contributed by atoms with van der Waals surface area (Å²) in [5, 5.41) is 20.9. The van der Waals surface area contributed by atoms with Crippen molar-refractivity contribution in [3.05, 3.63) is 29.1 Å². The number of hydrogen-bond donors (Lipinski definition) is 3. The lowest BCUT2D eigenvalue weighted by Crippen LogP contribution is -2.33. The van der Waals surface area contributed by atoms with Gasteiger partial charge in [0.15, 0.2) is 5.78 Å². The molecular weight excluding hydrogens is 312 g/mol. The molecule has 24 heavy (non-hydrogen) atoms. The Hall–Kier alpha value is -1.99. The minimum Gasteiger partial charge on any atom is -0.444 e. The minimum absolute atomic E-state index is 0.0842. The Labute approximate surface area is 142 Å². The molecule has 0 aliphatic carbocycles. The minimum atomic E-state index is -0.532. The van der Waals surface area contributed by atoms with Gasteiger partial charge in [-0.1, -0.05) is 0 Å². The Balaban J connectivity index is 2.38. The van der Waals surface area contributed by atoms with E-state index >= 15 is 0 Å². The summed E-state index contributed by atoms with van der Waals surface area (Å²) in [6.07, 6.45) is 1.11. The number of alkyl carbamates (subject to hydrolysis) is 1. The first-order valence-electron chi connectivity index (χ1n) is 7.97. The molecule has 0 saturated carbocycles. The molecule has 1 aromatic rings. The third-order valence-corrected chi connectivity index (χ3v) is 3.08. The molecule has 0 radical (unpaired) electrons. The van der Waals surface area contributed by atoms with E-state index in [1.165, 1.54) is 12.1 Å². The summed E-state index contributed by atoms with van der Waals surface area (Å²) in [6.45, 7) is 5.24. The number of aliphatic hydroxyl groups excluding tert-OH is 2. The van der Waals surface area contributed by atoms with Gasteiger partial charge >= 0.3 is 6.09 Å². The van der Waals surface area contributed by atoms with Crippen LogP contribution < -0.4 is 5.32 Å². The third kappa shape index (κ3) is 7.52. The van der Waals surface area contributed by atoms with Crippen LogP contribution in [0.5, 0.6) is 0 Å². The summed E-state index contributed by atoms with van der Waals surface area (Å²) < 4.78 is 5.11. The molecule has 7 nitrogen and oxygen atoms in total. The lowest BCUT2D eigenvalue weighted by atomic mass is 10.0. The van der Waals surface area contributed by atoms with Crippen LogP contribution in [0.4, 0.5) is 4.79 Å². The van der Waals surface area contributed by atoms with Crippen LogP contribution in [0.3, 0.4) is 0 Å². The van der Waals surface area contributed by atoms with E-state index in [9.17, 15) is 9.59 Å². The molecule has 0 unspecified atom stereocenters. The topological polar surface area (TPSA) is 109 Å². The van der Waals surface area contributed by atoms with Gasteiger partial charge in [0.1, 0.15) is 5.60 Å². The second-order valence-corrected chi connectivity index (χ2v) is 6.46. The molecule has 7 heteroatoms. The van der Waals surface area contributed by atoms with E-state index in [1.807, 2.05) is 0 Å². The smallest absolute Gasteiger partial charge is 0.407 e. The van der Waals surface area contributed by atoms with Crippen molar-refractivity contribution in [3.63, 3.8) is 0 Å². The summed E-state index contributed by atoms with van der Waals surface area (Å²) in [6, 6.07) is 3.06. The number of aromatic nitrogens is 1. The van der Waals surface area contributed by atoms with Gasteiger partial charge in [0.05, 0.1) is 24.6 Å². The molecule has 0 saturated heterocycles. The number of ether oxygens (including phenoxy) is 1. The van der Waals surface area contributed by atoms with Gasteiger partial charge in [-0.25, -0.2) is 4.79 Å². The number of rotatable bonds is 8. The number of pyridine rings is 1. The van der Waals surface area contributed by atoms with Gasteiger partial charge in [-0.2, -0.15) is 0 Å². The van der Waals surface area contributed by atoms with Gasteiger partial charge in [-0.15, -0.1) is 0 Å². The number of nitrogens with zero attached hydrogens (tertiary/aromatic N) is 1. The zero-order chi connectivity index (χ0) is 18.2. The molecule has 1 aromatic heterocycles. The molecule has 0 aliphatic heterocycles. The van der Waals surface area contributed by atoms with Crippen molar-refractivity contribution in [1.29, 1.82) is 0 Å². The quantitative estimate of drug-likeness (QED) is 0.494. The predicted molar refractivity (Wildman–Crippen MR) is 88.5 cm³/mol. The standard InChI is InChI=1S/C17H26N2O5/c1-17(2,3)24-16(23)18-7-5-4-6-15(22)12-8-13(10-20)19-14(9-12)11-21/h8-9,20-21H,4-7,10-11H2,1-3H3,(H,18,23). The number of hydrogen-bond acceptors (Lipinski definition) is 6. The number of amides is 1. The molecule has 0 aliphatic rings. The molecule has 134 valence electrons. The number of carbonyl (C=O) groups is 2. The maximum Gasteiger partial charge on any atom is 0.407 e. The number of ketones is 1. The van der Waals surface area contributed by atoms with E-state index in [-0.39, 0.29) is 19.0 Å². The Morgan fingerprint density at radius 2 is 1.71 bits per heavy atom. The number of Topliss-reactive ketones (excluding diaryl/α,β-unsaturated/α-hetero) is 1. The van der Waals surface area contributed by atoms with Crippen LogP contribution in [0.25, 0.3) is 0 Å². The Morgan fingerprint density at radius 3 is 2.21 bits per heavy atom.